The van der Waals surface area contributed by atoms with Crippen LogP contribution in [0.3, 0.4) is 0 Å². The summed E-state index contributed by atoms with van der Waals surface area (Å²) in [6.07, 6.45) is 0.779. The van der Waals surface area contributed by atoms with Crippen LogP contribution in [0.5, 0.6) is 5.75 Å². The quantitative estimate of drug-likeness (QED) is 0.747. The third kappa shape index (κ3) is 4.86. The van der Waals surface area contributed by atoms with E-state index in [0.29, 0.717) is 18.2 Å². The minimum atomic E-state index is -0.113. The van der Waals surface area contributed by atoms with Gasteiger partial charge in [0.25, 0.3) is 0 Å². The molecule has 0 heterocycles. The summed E-state index contributed by atoms with van der Waals surface area (Å²) in [6.45, 7) is 2.99. The van der Waals surface area contributed by atoms with Gasteiger partial charge >= 0.3 is 0 Å². The first kappa shape index (κ1) is 15.3. The summed E-state index contributed by atoms with van der Waals surface area (Å²) in [5, 5.41) is 0.680. The number of carbonyl (C=O) groups is 1. The number of hydrogen-bond acceptors (Lipinski definition) is 2. The molecule has 0 spiro atoms. The van der Waals surface area contributed by atoms with Crippen LogP contribution in [-0.2, 0) is 4.79 Å². The largest absolute Gasteiger partial charge is 0.492 e. The van der Waals surface area contributed by atoms with Gasteiger partial charge in [-0.2, -0.15) is 0 Å². The first-order valence-corrected chi connectivity index (χ1v) is 7.11. The van der Waals surface area contributed by atoms with Gasteiger partial charge in [-0.1, -0.05) is 34.5 Å². The Labute approximate surface area is 121 Å². The van der Waals surface area contributed by atoms with Crippen molar-refractivity contribution in [1.29, 1.82) is 0 Å². The molecule has 1 rings (SSSR count). The summed E-state index contributed by atoms with van der Waals surface area (Å²) in [6, 6.07) is 7.17. The van der Waals surface area contributed by atoms with Crippen LogP contribution in [0.4, 0.5) is 0 Å². The number of rotatable bonds is 6. The number of alkyl halides is 1. The van der Waals surface area contributed by atoms with Crippen LogP contribution < -0.4 is 4.74 Å². The third-order valence-corrected chi connectivity index (χ3v) is 3.80. The lowest BCUT2D eigenvalue weighted by Crippen LogP contribution is -2.35. The van der Waals surface area contributed by atoms with Crippen molar-refractivity contribution in [3.05, 3.63) is 29.3 Å². The standard InChI is InChI=1S/C13H17BrClNO2/c1-3-12(14)13(17)16(2)8-9-18-11-6-4-10(15)5-7-11/h4-7,12H,3,8-9H2,1-2H3. The van der Waals surface area contributed by atoms with E-state index in [0.717, 1.165) is 12.2 Å². The molecule has 0 saturated heterocycles. The molecule has 18 heavy (non-hydrogen) atoms. The lowest BCUT2D eigenvalue weighted by atomic mass is 10.3. The molecule has 100 valence electrons. The molecule has 0 saturated carbocycles. The van der Waals surface area contributed by atoms with Gasteiger partial charge in [0.05, 0.1) is 11.4 Å². The second-order valence-electron chi connectivity index (χ2n) is 3.94. The van der Waals surface area contributed by atoms with Crippen molar-refractivity contribution in [2.45, 2.75) is 18.2 Å². The number of amides is 1. The molecule has 1 amide bonds. The summed E-state index contributed by atoms with van der Waals surface area (Å²) >= 11 is 9.12. The van der Waals surface area contributed by atoms with E-state index in [2.05, 4.69) is 15.9 Å². The Bertz CT molecular complexity index is 383. The highest BCUT2D eigenvalue weighted by Crippen LogP contribution is 2.15. The Balaban J connectivity index is 2.33. The summed E-state index contributed by atoms with van der Waals surface area (Å²) in [4.78, 5) is 13.3. The zero-order chi connectivity index (χ0) is 13.5. The summed E-state index contributed by atoms with van der Waals surface area (Å²) in [5.41, 5.74) is 0. The fourth-order valence-corrected chi connectivity index (χ4v) is 1.83. The molecule has 0 radical (unpaired) electrons. The molecular weight excluding hydrogens is 318 g/mol. The maximum atomic E-state index is 11.8. The fourth-order valence-electron chi connectivity index (χ4n) is 1.36. The van der Waals surface area contributed by atoms with E-state index in [1.807, 2.05) is 19.1 Å². The van der Waals surface area contributed by atoms with E-state index in [1.165, 1.54) is 0 Å². The van der Waals surface area contributed by atoms with Crippen molar-refractivity contribution in [2.75, 3.05) is 20.2 Å². The van der Waals surface area contributed by atoms with Gasteiger partial charge < -0.3 is 9.64 Å². The van der Waals surface area contributed by atoms with Crippen molar-refractivity contribution >= 4 is 33.4 Å². The summed E-state index contributed by atoms with van der Waals surface area (Å²) < 4.78 is 5.53. The molecule has 1 unspecified atom stereocenters. The maximum absolute atomic E-state index is 11.8. The van der Waals surface area contributed by atoms with Gasteiger partial charge in [-0.05, 0) is 30.7 Å². The number of carbonyl (C=O) groups excluding carboxylic acids is 1. The first-order chi connectivity index (χ1) is 8.54. The minimum Gasteiger partial charge on any atom is -0.492 e. The Hall–Kier alpha value is -0.740. The van der Waals surface area contributed by atoms with Crippen LogP contribution in [0.15, 0.2) is 24.3 Å². The highest BCUT2D eigenvalue weighted by molar-refractivity contribution is 9.10. The summed E-state index contributed by atoms with van der Waals surface area (Å²) in [7, 11) is 1.78. The molecular formula is C13H17BrClNO2. The van der Waals surface area contributed by atoms with Crippen LogP contribution in [0, 0.1) is 0 Å². The lowest BCUT2D eigenvalue weighted by molar-refractivity contribution is -0.129. The van der Waals surface area contributed by atoms with E-state index < -0.39 is 0 Å². The highest BCUT2D eigenvalue weighted by Gasteiger charge is 2.16. The van der Waals surface area contributed by atoms with Crippen LogP contribution in [-0.4, -0.2) is 35.8 Å². The Morgan fingerprint density at radius 3 is 2.61 bits per heavy atom. The van der Waals surface area contributed by atoms with Crippen LogP contribution in [0.2, 0.25) is 5.02 Å². The molecule has 0 fully saturated rings. The second-order valence-corrected chi connectivity index (χ2v) is 5.48. The van der Waals surface area contributed by atoms with Gasteiger partial charge in [-0.25, -0.2) is 0 Å². The van der Waals surface area contributed by atoms with E-state index in [1.54, 1.807) is 24.1 Å². The predicted molar refractivity (Wildman–Crippen MR) is 77.6 cm³/mol. The molecule has 0 bridgehead atoms. The average molecular weight is 335 g/mol. The first-order valence-electron chi connectivity index (χ1n) is 5.82. The zero-order valence-corrected chi connectivity index (χ0v) is 12.9. The molecule has 0 N–H and O–H groups in total. The van der Waals surface area contributed by atoms with E-state index >= 15 is 0 Å². The Morgan fingerprint density at radius 2 is 2.06 bits per heavy atom. The topological polar surface area (TPSA) is 29.5 Å². The van der Waals surface area contributed by atoms with Crippen molar-refractivity contribution in [1.82, 2.24) is 4.90 Å². The van der Waals surface area contributed by atoms with Crippen LogP contribution in [0.25, 0.3) is 0 Å². The SMILES string of the molecule is CCC(Br)C(=O)N(C)CCOc1ccc(Cl)cc1. The molecule has 0 aromatic heterocycles. The van der Waals surface area contributed by atoms with Crippen molar-refractivity contribution < 1.29 is 9.53 Å². The minimum absolute atomic E-state index is 0.0807. The van der Waals surface area contributed by atoms with Crippen molar-refractivity contribution in [3.8, 4) is 5.75 Å². The van der Waals surface area contributed by atoms with Gasteiger partial charge in [-0.3, -0.25) is 4.79 Å². The number of ether oxygens (including phenoxy) is 1. The molecule has 1 atom stereocenters. The number of nitrogens with zero attached hydrogens (tertiary/aromatic N) is 1. The average Bonchev–Trinajstić information content (AvgIpc) is 2.39. The number of benzene rings is 1. The zero-order valence-electron chi connectivity index (χ0n) is 10.5. The number of likely N-dealkylation sites (N-methyl/N-ethyl adjacent to an activating group) is 1. The molecule has 0 aliphatic heterocycles. The van der Waals surface area contributed by atoms with Gasteiger partial charge in [0, 0.05) is 12.1 Å². The Morgan fingerprint density at radius 1 is 1.44 bits per heavy atom. The van der Waals surface area contributed by atoms with Gasteiger partial charge in [-0.15, -0.1) is 0 Å². The van der Waals surface area contributed by atoms with Crippen LogP contribution in [0.1, 0.15) is 13.3 Å². The van der Waals surface area contributed by atoms with Gasteiger partial charge in [0.2, 0.25) is 5.91 Å². The smallest absolute Gasteiger partial charge is 0.236 e. The van der Waals surface area contributed by atoms with E-state index in [4.69, 9.17) is 16.3 Å². The fraction of sp³-hybridized carbons (Fsp3) is 0.462. The highest BCUT2D eigenvalue weighted by atomic mass is 79.9. The van der Waals surface area contributed by atoms with E-state index in [-0.39, 0.29) is 10.7 Å². The molecule has 3 nitrogen and oxygen atoms in total. The number of hydrogen-bond donors (Lipinski definition) is 0. The van der Waals surface area contributed by atoms with Gasteiger partial charge in [0.15, 0.2) is 0 Å². The summed E-state index contributed by atoms with van der Waals surface area (Å²) in [5.74, 6) is 0.836. The normalized spacial score (nSPS) is 12.0. The third-order valence-electron chi connectivity index (χ3n) is 2.51. The molecule has 0 aliphatic rings. The predicted octanol–water partition coefficient (Wildman–Crippen LogP) is 3.35. The van der Waals surface area contributed by atoms with Crippen molar-refractivity contribution in [3.63, 3.8) is 0 Å². The molecule has 5 heteroatoms. The lowest BCUT2D eigenvalue weighted by Gasteiger charge is -2.19. The molecule has 0 aliphatic carbocycles. The Kier molecular flexibility index (Phi) is 6.50. The molecule has 1 aromatic carbocycles. The van der Waals surface area contributed by atoms with Crippen LogP contribution >= 0.6 is 27.5 Å². The van der Waals surface area contributed by atoms with Crippen molar-refractivity contribution in [2.24, 2.45) is 0 Å². The van der Waals surface area contributed by atoms with E-state index in [9.17, 15) is 4.79 Å². The maximum Gasteiger partial charge on any atom is 0.236 e. The molecule has 1 aromatic rings. The second kappa shape index (κ2) is 7.64. The monoisotopic (exact) mass is 333 g/mol. The number of halogens is 2. The van der Waals surface area contributed by atoms with Gasteiger partial charge in [0.1, 0.15) is 12.4 Å².